The van der Waals surface area contributed by atoms with Crippen molar-refractivity contribution in [1.82, 2.24) is 4.98 Å². The van der Waals surface area contributed by atoms with Gasteiger partial charge in [-0.25, -0.2) is 9.37 Å². The van der Waals surface area contributed by atoms with Gasteiger partial charge in [-0.3, -0.25) is 0 Å². The van der Waals surface area contributed by atoms with E-state index in [0.29, 0.717) is 6.54 Å². The fraction of sp³-hybridized carbons (Fsp3) is 0.214. The Kier molecular flexibility index (Phi) is 3.97. The molecule has 1 N–H and O–H groups in total. The molecule has 0 bridgehead atoms. The fourth-order valence-corrected chi connectivity index (χ4v) is 1.93. The molecule has 0 saturated heterocycles. The Morgan fingerprint density at radius 3 is 2.67 bits per heavy atom. The van der Waals surface area contributed by atoms with Crippen LogP contribution in [0.4, 0.5) is 10.1 Å². The molecule has 94 valence electrons. The number of aromatic nitrogens is 1. The molecule has 0 amide bonds. The van der Waals surface area contributed by atoms with Crippen molar-refractivity contribution in [2.75, 3.05) is 5.32 Å². The average molecular weight is 309 g/mol. The second-order valence-corrected chi connectivity index (χ2v) is 5.01. The molecule has 0 spiro atoms. The summed E-state index contributed by atoms with van der Waals surface area (Å²) in [6.45, 7) is 4.56. The van der Waals surface area contributed by atoms with Crippen molar-refractivity contribution in [3.05, 3.63) is 57.6 Å². The number of hydrogen-bond donors (Lipinski definition) is 1. The predicted octanol–water partition coefficient (Wildman–Crippen LogP) is 4.21. The molecule has 1 aromatic heterocycles. The van der Waals surface area contributed by atoms with E-state index in [0.717, 1.165) is 27.0 Å². The van der Waals surface area contributed by atoms with Crippen molar-refractivity contribution >= 4 is 21.6 Å². The third kappa shape index (κ3) is 3.07. The van der Waals surface area contributed by atoms with Crippen LogP contribution in [0.1, 0.15) is 16.7 Å². The molecule has 0 radical (unpaired) electrons. The first-order valence-corrected chi connectivity index (χ1v) is 6.46. The van der Waals surface area contributed by atoms with Crippen molar-refractivity contribution in [3.63, 3.8) is 0 Å². The molecule has 18 heavy (non-hydrogen) atoms. The Labute approximate surface area is 114 Å². The van der Waals surface area contributed by atoms with Crippen LogP contribution in [0, 0.1) is 19.7 Å². The van der Waals surface area contributed by atoms with Crippen molar-refractivity contribution in [3.8, 4) is 0 Å². The third-order valence-electron chi connectivity index (χ3n) is 2.80. The molecule has 0 aliphatic carbocycles. The van der Waals surface area contributed by atoms with Crippen molar-refractivity contribution < 1.29 is 4.39 Å². The highest BCUT2D eigenvalue weighted by molar-refractivity contribution is 9.10. The molecule has 2 aromatic rings. The standard InChI is InChI=1S/C14H14BrFN2/c1-9-5-12(16)4-3-11(9)7-17-13-6-10(2)14(15)18-8-13/h3-6,8,17H,7H2,1-2H3. The molecule has 0 fully saturated rings. The number of pyridine rings is 1. The van der Waals surface area contributed by atoms with Gasteiger partial charge in [0.1, 0.15) is 10.4 Å². The lowest BCUT2D eigenvalue weighted by molar-refractivity contribution is 0.625. The zero-order valence-corrected chi connectivity index (χ0v) is 11.9. The maximum Gasteiger partial charge on any atom is 0.123 e. The Bertz CT molecular complexity index is 570. The molecular weight excluding hydrogens is 295 g/mol. The van der Waals surface area contributed by atoms with Gasteiger partial charge in [-0.15, -0.1) is 0 Å². The second-order valence-electron chi connectivity index (χ2n) is 4.26. The van der Waals surface area contributed by atoms with Crippen LogP contribution in [-0.2, 0) is 6.54 Å². The van der Waals surface area contributed by atoms with E-state index in [-0.39, 0.29) is 5.82 Å². The molecule has 2 rings (SSSR count). The van der Waals surface area contributed by atoms with Gasteiger partial charge in [0.15, 0.2) is 0 Å². The van der Waals surface area contributed by atoms with Crippen LogP contribution >= 0.6 is 15.9 Å². The molecular formula is C14H14BrFN2. The maximum absolute atomic E-state index is 13.0. The lowest BCUT2D eigenvalue weighted by Crippen LogP contribution is -2.02. The van der Waals surface area contributed by atoms with Crippen LogP contribution in [0.25, 0.3) is 0 Å². The normalized spacial score (nSPS) is 10.4. The van der Waals surface area contributed by atoms with E-state index < -0.39 is 0 Å². The first-order valence-electron chi connectivity index (χ1n) is 5.67. The number of nitrogens with one attached hydrogen (secondary N) is 1. The third-order valence-corrected chi connectivity index (χ3v) is 3.63. The largest absolute Gasteiger partial charge is 0.380 e. The summed E-state index contributed by atoms with van der Waals surface area (Å²) in [6, 6.07) is 6.85. The van der Waals surface area contributed by atoms with Crippen LogP contribution in [0.5, 0.6) is 0 Å². The van der Waals surface area contributed by atoms with Crippen LogP contribution in [-0.4, -0.2) is 4.98 Å². The molecule has 0 atom stereocenters. The lowest BCUT2D eigenvalue weighted by Gasteiger charge is -2.10. The molecule has 1 aromatic carbocycles. The van der Waals surface area contributed by atoms with Gasteiger partial charge in [-0.2, -0.15) is 0 Å². The molecule has 0 aliphatic heterocycles. The Morgan fingerprint density at radius 1 is 1.22 bits per heavy atom. The minimum absolute atomic E-state index is 0.197. The van der Waals surface area contributed by atoms with Crippen molar-refractivity contribution in [1.29, 1.82) is 0 Å². The van der Waals surface area contributed by atoms with E-state index in [1.54, 1.807) is 18.3 Å². The summed E-state index contributed by atoms with van der Waals surface area (Å²) in [5, 5.41) is 3.28. The highest BCUT2D eigenvalue weighted by atomic mass is 79.9. The van der Waals surface area contributed by atoms with Gasteiger partial charge in [-0.1, -0.05) is 6.07 Å². The first kappa shape index (κ1) is 13.0. The van der Waals surface area contributed by atoms with Gasteiger partial charge in [0.2, 0.25) is 0 Å². The van der Waals surface area contributed by atoms with E-state index >= 15 is 0 Å². The van der Waals surface area contributed by atoms with Crippen molar-refractivity contribution in [2.45, 2.75) is 20.4 Å². The van der Waals surface area contributed by atoms with Crippen LogP contribution in [0.15, 0.2) is 35.1 Å². The molecule has 4 heteroatoms. The van der Waals surface area contributed by atoms with Gasteiger partial charge >= 0.3 is 0 Å². The van der Waals surface area contributed by atoms with Crippen molar-refractivity contribution in [2.24, 2.45) is 0 Å². The van der Waals surface area contributed by atoms with Gasteiger partial charge in [-0.05, 0) is 64.7 Å². The summed E-state index contributed by atoms with van der Waals surface area (Å²) in [5.41, 5.74) is 4.07. The van der Waals surface area contributed by atoms with E-state index in [2.05, 4.69) is 26.2 Å². The van der Waals surface area contributed by atoms with Gasteiger partial charge in [0.25, 0.3) is 0 Å². The summed E-state index contributed by atoms with van der Waals surface area (Å²) >= 11 is 3.36. The van der Waals surface area contributed by atoms with Gasteiger partial charge in [0.05, 0.1) is 11.9 Å². The predicted molar refractivity (Wildman–Crippen MR) is 75.1 cm³/mol. The number of rotatable bonds is 3. The summed E-state index contributed by atoms with van der Waals surface area (Å²) in [5.74, 6) is -0.197. The van der Waals surface area contributed by atoms with E-state index in [4.69, 9.17) is 0 Å². The zero-order chi connectivity index (χ0) is 13.1. The number of nitrogens with zero attached hydrogens (tertiary/aromatic N) is 1. The average Bonchev–Trinajstić information content (AvgIpc) is 2.32. The minimum Gasteiger partial charge on any atom is -0.380 e. The van der Waals surface area contributed by atoms with Gasteiger partial charge in [0, 0.05) is 6.54 Å². The highest BCUT2D eigenvalue weighted by Crippen LogP contribution is 2.18. The van der Waals surface area contributed by atoms with Crippen LogP contribution < -0.4 is 5.32 Å². The fourth-order valence-electron chi connectivity index (χ4n) is 1.71. The topological polar surface area (TPSA) is 24.9 Å². The molecule has 2 nitrogen and oxygen atoms in total. The van der Waals surface area contributed by atoms with Crippen LogP contribution in [0.2, 0.25) is 0 Å². The van der Waals surface area contributed by atoms with Crippen LogP contribution in [0.3, 0.4) is 0 Å². The SMILES string of the molecule is Cc1cc(F)ccc1CNc1cnc(Br)c(C)c1. The second kappa shape index (κ2) is 5.48. The monoisotopic (exact) mass is 308 g/mol. The number of benzene rings is 1. The minimum atomic E-state index is -0.197. The Hall–Kier alpha value is -1.42. The number of halogens is 2. The quantitative estimate of drug-likeness (QED) is 0.859. The highest BCUT2D eigenvalue weighted by Gasteiger charge is 2.02. The lowest BCUT2D eigenvalue weighted by atomic mass is 10.1. The summed E-state index contributed by atoms with van der Waals surface area (Å²) in [7, 11) is 0. The molecule has 1 heterocycles. The van der Waals surface area contributed by atoms with E-state index in [9.17, 15) is 4.39 Å². The number of anilines is 1. The Morgan fingerprint density at radius 2 is 2.00 bits per heavy atom. The number of hydrogen-bond acceptors (Lipinski definition) is 2. The summed E-state index contributed by atoms with van der Waals surface area (Å²) < 4.78 is 13.8. The smallest absolute Gasteiger partial charge is 0.123 e. The van der Waals surface area contributed by atoms with E-state index in [1.807, 2.05) is 19.9 Å². The van der Waals surface area contributed by atoms with E-state index in [1.165, 1.54) is 6.07 Å². The molecule has 0 unspecified atom stereocenters. The van der Waals surface area contributed by atoms with Gasteiger partial charge < -0.3 is 5.32 Å². The Balaban J connectivity index is 2.09. The molecule has 0 saturated carbocycles. The molecule has 0 aliphatic rings. The maximum atomic E-state index is 13.0. The number of aryl methyl sites for hydroxylation is 2. The first-order chi connectivity index (χ1) is 8.56. The summed E-state index contributed by atoms with van der Waals surface area (Å²) in [4.78, 5) is 4.22. The summed E-state index contributed by atoms with van der Waals surface area (Å²) in [6.07, 6.45) is 1.77. The zero-order valence-electron chi connectivity index (χ0n) is 10.3.